The molecule has 24 heavy (non-hydrogen) atoms. The fourth-order valence-electron chi connectivity index (χ4n) is 3.34. The largest absolute Gasteiger partial charge is 0.497 e. The van der Waals surface area contributed by atoms with E-state index in [-0.39, 0.29) is 5.91 Å². The molecule has 0 N–H and O–H groups in total. The third-order valence-corrected chi connectivity index (χ3v) is 4.59. The molecule has 4 heteroatoms. The van der Waals surface area contributed by atoms with Crippen LogP contribution in [0.1, 0.15) is 24.1 Å². The van der Waals surface area contributed by atoms with Crippen LogP contribution in [0.2, 0.25) is 0 Å². The Kier molecular flexibility index (Phi) is 5.47. The first-order chi connectivity index (χ1) is 11.7. The Bertz CT molecular complexity index is 672. The number of aromatic nitrogens is 1. The fourth-order valence-corrected chi connectivity index (χ4v) is 3.34. The van der Waals surface area contributed by atoms with Crippen molar-refractivity contribution in [1.29, 1.82) is 0 Å². The van der Waals surface area contributed by atoms with Gasteiger partial charge in [0.2, 0.25) is 5.91 Å². The minimum atomic E-state index is 0.203. The van der Waals surface area contributed by atoms with Gasteiger partial charge in [-0.3, -0.25) is 9.78 Å². The van der Waals surface area contributed by atoms with E-state index in [0.29, 0.717) is 12.3 Å². The smallest absolute Gasteiger partial charge is 0.227 e. The highest BCUT2D eigenvalue weighted by Gasteiger charge is 2.24. The van der Waals surface area contributed by atoms with Crippen molar-refractivity contribution in [2.24, 2.45) is 5.92 Å². The van der Waals surface area contributed by atoms with E-state index < -0.39 is 0 Å². The molecule has 1 amide bonds. The van der Waals surface area contributed by atoms with Crippen molar-refractivity contribution in [3.63, 3.8) is 0 Å². The van der Waals surface area contributed by atoms with Crippen LogP contribution in [0.4, 0.5) is 0 Å². The third kappa shape index (κ3) is 4.34. The van der Waals surface area contributed by atoms with Crippen LogP contribution >= 0.6 is 0 Å². The second-order valence-corrected chi connectivity index (χ2v) is 6.40. The third-order valence-electron chi connectivity index (χ3n) is 4.59. The Balaban J connectivity index is 1.58. The van der Waals surface area contributed by atoms with Gasteiger partial charge in [0.1, 0.15) is 5.75 Å². The molecule has 1 aliphatic heterocycles. The summed E-state index contributed by atoms with van der Waals surface area (Å²) in [6.07, 6.45) is 5.46. The van der Waals surface area contributed by atoms with E-state index in [1.54, 1.807) is 7.11 Å². The molecular weight excluding hydrogens is 300 g/mol. The van der Waals surface area contributed by atoms with Gasteiger partial charge in [-0.05, 0) is 55.0 Å². The number of hydrogen-bond acceptors (Lipinski definition) is 3. The van der Waals surface area contributed by atoms with Crippen molar-refractivity contribution < 1.29 is 9.53 Å². The maximum Gasteiger partial charge on any atom is 0.227 e. The topological polar surface area (TPSA) is 42.4 Å². The quantitative estimate of drug-likeness (QED) is 0.849. The molecule has 1 aromatic carbocycles. The van der Waals surface area contributed by atoms with Gasteiger partial charge in [-0.25, -0.2) is 0 Å². The second kappa shape index (κ2) is 7.95. The Morgan fingerprint density at radius 2 is 2.21 bits per heavy atom. The average Bonchev–Trinajstić information content (AvgIpc) is 2.63. The van der Waals surface area contributed by atoms with E-state index in [0.717, 1.165) is 42.9 Å². The van der Waals surface area contributed by atoms with Crippen LogP contribution in [-0.2, 0) is 17.6 Å². The van der Waals surface area contributed by atoms with E-state index in [9.17, 15) is 4.79 Å². The molecule has 1 aliphatic rings. The second-order valence-electron chi connectivity index (χ2n) is 6.40. The van der Waals surface area contributed by atoms with Gasteiger partial charge in [0.25, 0.3) is 0 Å². The van der Waals surface area contributed by atoms with Crippen molar-refractivity contribution in [3.8, 4) is 5.75 Å². The van der Waals surface area contributed by atoms with Crippen LogP contribution in [0.15, 0.2) is 48.7 Å². The number of methoxy groups -OCH3 is 1. The van der Waals surface area contributed by atoms with E-state index >= 15 is 0 Å². The molecular formula is C20H24N2O2. The highest BCUT2D eigenvalue weighted by Crippen LogP contribution is 2.21. The number of nitrogens with zero attached hydrogens (tertiary/aromatic N) is 2. The predicted octanol–water partition coefficient (Wildman–Crippen LogP) is 3.11. The minimum Gasteiger partial charge on any atom is -0.497 e. The Hall–Kier alpha value is -2.36. The van der Waals surface area contributed by atoms with Gasteiger partial charge in [0.15, 0.2) is 0 Å². The summed E-state index contributed by atoms with van der Waals surface area (Å²) >= 11 is 0. The molecule has 1 aromatic heterocycles. The zero-order valence-corrected chi connectivity index (χ0v) is 14.1. The van der Waals surface area contributed by atoms with E-state index in [2.05, 4.69) is 11.1 Å². The molecule has 0 radical (unpaired) electrons. The molecule has 1 saturated heterocycles. The van der Waals surface area contributed by atoms with E-state index in [4.69, 9.17) is 4.74 Å². The molecule has 0 spiro atoms. The Morgan fingerprint density at radius 1 is 1.29 bits per heavy atom. The lowest BCUT2D eigenvalue weighted by atomic mass is 9.93. The number of carbonyl (C=O) groups is 1. The van der Waals surface area contributed by atoms with Crippen molar-refractivity contribution in [3.05, 3.63) is 59.9 Å². The van der Waals surface area contributed by atoms with Crippen LogP contribution in [0, 0.1) is 5.92 Å². The number of ether oxygens (including phenoxy) is 1. The normalized spacial score (nSPS) is 17.5. The Labute approximate surface area is 143 Å². The first-order valence-corrected chi connectivity index (χ1v) is 8.55. The predicted molar refractivity (Wildman–Crippen MR) is 93.9 cm³/mol. The zero-order valence-electron chi connectivity index (χ0n) is 14.1. The number of pyridine rings is 1. The lowest BCUT2D eigenvalue weighted by Crippen LogP contribution is -2.41. The Morgan fingerprint density at radius 3 is 3.00 bits per heavy atom. The van der Waals surface area contributed by atoms with Gasteiger partial charge < -0.3 is 9.64 Å². The number of hydrogen-bond donors (Lipinski definition) is 0. The summed E-state index contributed by atoms with van der Waals surface area (Å²) in [7, 11) is 1.65. The van der Waals surface area contributed by atoms with Gasteiger partial charge in [0.05, 0.1) is 13.5 Å². The number of piperidine rings is 1. The fraction of sp³-hybridized carbons (Fsp3) is 0.400. The van der Waals surface area contributed by atoms with Crippen LogP contribution in [-0.4, -0.2) is 36.0 Å². The lowest BCUT2D eigenvalue weighted by molar-refractivity contribution is -0.132. The molecule has 0 bridgehead atoms. The van der Waals surface area contributed by atoms with Crippen LogP contribution < -0.4 is 4.74 Å². The summed E-state index contributed by atoms with van der Waals surface area (Å²) in [5.41, 5.74) is 2.12. The number of carbonyl (C=O) groups excluding carboxylic acids is 1. The van der Waals surface area contributed by atoms with Crippen molar-refractivity contribution >= 4 is 5.91 Å². The number of amides is 1. The summed E-state index contributed by atoms with van der Waals surface area (Å²) in [4.78, 5) is 19.1. The molecule has 1 unspecified atom stereocenters. The number of rotatable bonds is 5. The zero-order chi connectivity index (χ0) is 16.8. The van der Waals surface area contributed by atoms with Gasteiger partial charge in [-0.1, -0.05) is 18.2 Å². The lowest BCUT2D eigenvalue weighted by Gasteiger charge is -2.33. The molecule has 0 saturated carbocycles. The maximum absolute atomic E-state index is 12.6. The summed E-state index contributed by atoms with van der Waals surface area (Å²) in [6.45, 7) is 1.70. The van der Waals surface area contributed by atoms with Gasteiger partial charge >= 0.3 is 0 Å². The molecule has 2 aromatic rings. The van der Waals surface area contributed by atoms with Gasteiger partial charge in [-0.15, -0.1) is 0 Å². The number of benzene rings is 1. The average molecular weight is 324 g/mol. The molecule has 3 rings (SSSR count). The molecule has 2 heterocycles. The summed E-state index contributed by atoms with van der Waals surface area (Å²) in [5.74, 6) is 1.50. The molecule has 0 aliphatic carbocycles. The standard InChI is InChI=1S/C20H24N2O2/c1-24-19-9-4-6-16(13-19)14-20(23)22-11-5-7-17(15-22)12-18-8-2-3-10-21-18/h2-4,6,8-10,13,17H,5,7,11-12,14-15H2,1H3. The molecule has 1 fully saturated rings. The maximum atomic E-state index is 12.6. The SMILES string of the molecule is COc1cccc(CC(=O)N2CCCC(Cc3ccccn3)C2)c1. The molecule has 126 valence electrons. The highest BCUT2D eigenvalue weighted by atomic mass is 16.5. The van der Waals surface area contributed by atoms with E-state index in [1.807, 2.05) is 47.5 Å². The van der Waals surface area contributed by atoms with Crippen LogP contribution in [0.25, 0.3) is 0 Å². The van der Waals surface area contributed by atoms with Gasteiger partial charge in [0, 0.05) is 25.0 Å². The molecule has 1 atom stereocenters. The first-order valence-electron chi connectivity index (χ1n) is 8.55. The summed E-state index contributed by atoms with van der Waals surface area (Å²) in [5, 5.41) is 0. The van der Waals surface area contributed by atoms with Gasteiger partial charge in [-0.2, -0.15) is 0 Å². The summed E-state index contributed by atoms with van der Waals surface area (Å²) in [6, 6.07) is 13.8. The highest BCUT2D eigenvalue weighted by molar-refractivity contribution is 5.79. The van der Waals surface area contributed by atoms with E-state index in [1.165, 1.54) is 6.42 Å². The molecule has 4 nitrogen and oxygen atoms in total. The number of likely N-dealkylation sites (tertiary alicyclic amines) is 1. The van der Waals surface area contributed by atoms with Crippen LogP contribution in [0.3, 0.4) is 0 Å². The van der Waals surface area contributed by atoms with Crippen molar-refractivity contribution in [2.75, 3.05) is 20.2 Å². The van der Waals surface area contributed by atoms with Crippen LogP contribution in [0.5, 0.6) is 5.75 Å². The van der Waals surface area contributed by atoms with Crippen molar-refractivity contribution in [2.45, 2.75) is 25.7 Å². The monoisotopic (exact) mass is 324 g/mol. The van der Waals surface area contributed by atoms with Crippen molar-refractivity contribution in [1.82, 2.24) is 9.88 Å². The summed E-state index contributed by atoms with van der Waals surface area (Å²) < 4.78 is 5.23. The first kappa shape index (κ1) is 16.5. The minimum absolute atomic E-state index is 0.203.